The minimum absolute atomic E-state index is 0.101. The van der Waals surface area contributed by atoms with E-state index in [1.165, 1.54) is 12.1 Å². The molecule has 0 heterocycles. The molecule has 10 heteroatoms. The summed E-state index contributed by atoms with van der Waals surface area (Å²) in [6, 6.07) is 6.00. The van der Waals surface area contributed by atoms with Crippen molar-refractivity contribution in [2.75, 3.05) is 5.32 Å². The van der Waals surface area contributed by atoms with Gasteiger partial charge in [0.2, 0.25) is 10.0 Å². The molecule has 1 fully saturated rings. The molecule has 0 saturated heterocycles. The number of anilines is 1. The van der Waals surface area contributed by atoms with Gasteiger partial charge in [-0.15, -0.1) is 0 Å². The molecule has 0 spiro atoms. The Balaban J connectivity index is 1.81. The number of carbonyl (C=O) groups is 1. The molecule has 2 atom stereocenters. The van der Waals surface area contributed by atoms with Crippen LogP contribution in [0.5, 0.6) is 0 Å². The van der Waals surface area contributed by atoms with Crippen molar-refractivity contribution in [1.82, 2.24) is 4.72 Å². The first kappa shape index (κ1) is 21.6. The van der Waals surface area contributed by atoms with Crippen LogP contribution in [0.15, 0.2) is 41.3 Å². The highest BCUT2D eigenvalue weighted by Crippen LogP contribution is 2.24. The number of benzene rings is 2. The number of sulfonamides is 1. The average Bonchev–Trinajstić information content (AvgIpc) is 2.64. The summed E-state index contributed by atoms with van der Waals surface area (Å²) < 4.78 is 55.1. The predicted molar refractivity (Wildman–Crippen MR) is 104 cm³/mol. The molecule has 29 heavy (non-hydrogen) atoms. The summed E-state index contributed by atoms with van der Waals surface area (Å²) in [5, 5.41) is 12.0. The second-order valence-corrected chi connectivity index (χ2v) is 8.96. The summed E-state index contributed by atoms with van der Waals surface area (Å²) in [4.78, 5) is 11.8. The van der Waals surface area contributed by atoms with Crippen LogP contribution >= 0.6 is 11.6 Å². The fourth-order valence-corrected chi connectivity index (χ4v) is 4.75. The quantitative estimate of drug-likeness (QED) is 0.658. The molecule has 2 unspecified atom stereocenters. The lowest BCUT2D eigenvalue weighted by molar-refractivity contribution is 0.102. The first-order valence-electron chi connectivity index (χ1n) is 8.92. The number of hydrogen-bond donors (Lipinski definition) is 3. The van der Waals surface area contributed by atoms with Crippen LogP contribution in [0.25, 0.3) is 0 Å². The molecule has 156 valence electrons. The van der Waals surface area contributed by atoms with E-state index in [2.05, 4.69) is 10.0 Å². The molecule has 2 aromatic carbocycles. The fourth-order valence-electron chi connectivity index (χ4n) is 3.18. The maximum absolute atomic E-state index is 14.2. The van der Waals surface area contributed by atoms with Gasteiger partial charge in [0, 0.05) is 17.3 Å². The standard InChI is InChI=1S/C19H19ClF2N2O4S/c20-15-10-12(5-7-16(15)21)23-19(26)11-4-6-17(22)18(8-11)29(27,28)24-13-2-1-3-14(25)9-13/h4-8,10,13-14,24-25H,1-3,9H2,(H,23,26). The van der Waals surface area contributed by atoms with Crippen molar-refractivity contribution >= 4 is 33.2 Å². The van der Waals surface area contributed by atoms with E-state index in [4.69, 9.17) is 11.6 Å². The topological polar surface area (TPSA) is 95.5 Å². The molecular weight excluding hydrogens is 426 g/mol. The molecule has 0 aromatic heterocycles. The van der Waals surface area contributed by atoms with Crippen LogP contribution in [0.4, 0.5) is 14.5 Å². The number of amides is 1. The zero-order valence-electron chi connectivity index (χ0n) is 15.2. The van der Waals surface area contributed by atoms with Gasteiger partial charge in [-0.25, -0.2) is 21.9 Å². The van der Waals surface area contributed by atoms with Crippen LogP contribution < -0.4 is 10.0 Å². The second kappa shape index (κ2) is 8.74. The molecule has 0 aliphatic heterocycles. The molecule has 1 amide bonds. The lowest BCUT2D eigenvalue weighted by atomic mass is 9.94. The van der Waals surface area contributed by atoms with Gasteiger partial charge in [0.05, 0.1) is 11.1 Å². The first-order valence-corrected chi connectivity index (χ1v) is 10.8. The Morgan fingerprint density at radius 1 is 1.10 bits per heavy atom. The van der Waals surface area contributed by atoms with Crippen molar-refractivity contribution in [3.05, 3.63) is 58.6 Å². The summed E-state index contributed by atoms with van der Waals surface area (Å²) in [6.07, 6.45) is 1.41. The lowest BCUT2D eigenvalue weighted by Gasteiger charge is -2.26. The SMILES string of the molecule is O=C(Nc1ccc(F)c(Cl)c1)c1ccc(F)c(S(=O)(=O)NC2CCCC(O)C2)c1. The maximum Gasteiger partial charge on any atom is 0.255 e. The minimum Gasteiger partial charge on any atom is -0.393 e. The van der Waals surface area contributed by atoms with Crippen molar-refractivity contribution in [2.24, 2.45) is 0 Å². The van der Waals surface area contributed by atoms with Gasteiger partial charge < -0.3 is 10.4 Å². The van der Waals surface area contributed by atoms with Gasteiger partial charge in [-0.05, 0) is 62.1 Å². The van der Waals surface area contributed by atoms with Gasteiger partial charge in [0.25, 0.3) is 5.91 Å². The molecule has 6 nitrogen and oxygen atoms in total. The van der Waals surface area contributed by atoms with Gasteiger partial charge in [0.15, 0.2) is 0 Å². The Hall–Kier alpha value is -2.07. The molecule has 1 aliphatic carbocycles. The number of aliphatic hydroxyl groups is 1. The van der Waals surface area contributed by atoms with E-state index in [0.29, 0.717) is 19.3 Å². The zero-order chi connectivity index (χ0) is 21.2. The molecule has 0 radical (unpaired) electrons. The van der Waals surface area contributed by atoms with Crippen LogP contribution in [-0.4, -0.2) is 31.6 Å². The monoisotopic (exact) mass is 444 g/mol. The summed E-state index contributed by atoms with van der Waals surface area (Å²) in [7, 11) is -4.24. The van der Waals surface area contributed by atoms with E-state index in [1.54, 1.807) is 0 Å². The highest BCUT2D eigenvalue weighted by Gasteiger charge is 2.28. The van der Waals surface area contributed by atoms with Crippen molar-refractivity contribution in [2.45, 2.75) is 42.7 Å². The Kier molecular flexibility index (Phi) is 6.52. The highest BCUT2D eigenvalue weighted by atomic mass is 35.5. The van der Waals surface area contributed by atoms with Gasteiger partial charge in [-0.3, -0.25) is 4.79 Å². The number of aliphatic hydroxyl groups excluding tert-OH is 1. The molecule has 3 N–H and O–H groups in total. The van der Waals surface area contributed by atoms with Crippen LogP contribution in [0.2, 0.25) is 5.02 Å². The van der Waals surface area contributed by atoms with E-state index in [-0.39, 0.29) is 22.7 Å². The van der Waals surface area contributed by atoms with Crippen LogP contribution in [-0.2, 0) is 10.0 Å². The van der Waals surface area contributed by atoms with Gasteiger partial charge in [0.1, 0.15) is 16.5 Å². The van der Waals surface area contributed by atoms with Gasteiger partial charge >= 0.3 is 0 Å². The number of carbonyl (C=O) groups excluding carboxylic acids is 1. The number of hydrogen-bond acceptors (Lipinski definition) is 4. The van der Waals surface area contributed by atoms with Crippen molar-refractivity contribution < 1.29 is 27.1 Å². The molecule has 0 bridgehead atoms. The summed E-state index contributed by atoms with van der Waals surface area (Å²) >= 11 is 5.67. The minimum atomic E-state index is -4.24. The third-order valence-corrected chi connectivity index (χ3v) is 6.45. The maximum atomic E-state index is 14.2. The Morgan fingerprint density at radius 3 is 2.52 bits per heavy atom. The number of rotatable bonds is 5. The van der Waals surface area contributed by atoms with E-state index in [9.17, 15) is 27.1 Å². The first-order chi connectivity index (χ1) is 13.7. The third-order valence-electron chi connectivity index (χ3n) is 4.63. The summed E-state index contributed by atoms with van der Waals surface area (Å²) in [5.74, 6) is -2.37. The van der Waals surface area contributed by atoms with Gasteiger partial charge in [-0.1, -0.05) is 11.6 Å². The van der Waals surface area contributed by atoms with E-state index >= 15 is 0 Å². The van der Waals surface area contributed by atoms with Crippen molar-refractivity contribution in [1.29, 1.82) is 0 Å². The molecule has 1 saturated carbocycles. The Labute approximate surface area is 171 Å². The predicted octanol–water partition coefficient (Wildman–Crippen LogP) is 3.45. The van der Waals surface area contributed by atoms with Crippen molar-refractivity contribution in [3.63, 3.8) is 0 Å². The number of nitrogens with one attached hydrogen (secondary N) is 2. The molecule has 3 rings (SSSR count). The number of halogens is 3. The Bertz CT molecular complexity index is 1030. The van der Waals surface area contributed by atoms with Crippen LogP contribution in [0.3, 0.4) is 0 Å². The molecular formula is C19H19ClF2N2O4S. The average molecular weight is 445 g/mol. The molecule has 1 aliphatic rings. The largest absolute Gasteiger partial charge is 0.393 e. The zero-order valence-corrected chi connectivity index (χ0v) is 16.7. The normalized spacial score (nSPS) is 19.7. The summed E-state index contributed by atoms with van der Waals surface area (Å²) in [5.41, 5.74) is 0.0975. The van der Waals surface area contributed by atoms with Crippen LogP contribution in [0.1, 0.15) is 36.0 Å². The van der Waals surface area contributed by atoms with E-state index in [0.717, 1.165) is 24.3 Å². The highest BCUT2D eigenvalue weighted by molar-refractivity contribution is 7.89. The van der Waals surface area contributed by atoms with Crippen molar-refractivity contribution in [3.8, 4) is 0 Å². The summed E-state index contributed by atoms with van der Waals surface area (Å²) in [6.45, 7) is 0. The van der Waals surface area contributed by atoms with Gasteiger partial charge in [-0.2, -0.15) is 0 Å². The van der Waals surface area contributed by atoms with E-state index in [1.807, 2.05) is 0 Å². The fraction of sp³-hybridized carbons (Fsp3) is 0.316. The smallest absolute Gasteiger partial charge is 0.255 e. The van der Waals surface area contributed by atoms with Crippen LogP contribution in [0, 0.1) is 11.6 Å². The molecule has 2 aromatic rings. The third kappa shape index (κ3) is 5.30. The van der Waals surface area contributed by atoms with E-state index < -0.39 is 44.6 Å². The Morgan fingerprint density at radius 2 is 1.83 bits per heavy atom. The lowest BCUT2D eigenvalue weighted by Crippen LogP contribution is -2.40. The second-order valence-electron chi connectivity index (χ2n) is 6.87.